The van der Waals surface area contributed by atoms with E-state index in [4.69, 9.17) is 16.3 Å². The average Bonchev–Trinajstić information content (AvgIpc) is 2.72. The van der Waals surface area contributed by atoms with Crippen LogP contribution in [-0.4, -0.2) is 36.9 Å². The molecule has 0 unspecified atom stereocenters. The van der Waals surface area contributed by atoms with Crippen LogP contribution in [0.1, 0.15) is 28.8 Å². The molecule has 0 aromatic heterocycles. The molecule has 0 atom stereocenters. The van der Waals surface area contributed by atoms with Crippen LogP contribution < -0.4 is 10.1 Å². The van der Waals surface area contributed by atoms with Gasteiger partial charge in [0, 0.05) is 30.6 Å². The van der Waals surface area contributed by atoms with Crippen molar-refractivity contribution in [1.29, 1.82) is 0 Å². The number of ether oxygens (including phenoxy) is 1. The van der Waals surface area contributed by atoms with Crippen molar-refractivity contribution in [3.8, 4) is 5.75 Å². The van der Waals surface area contributed by atoms with E-state index >= 15 is 0 Å². The Hall–Kier alpha value is -2.53. The molecule has 27 heavy (non-hydrogen) atoms. The monoisotopic (exact) mass is 386 g/mol. The van der Waals surface area contributed by atoms with Gasteiger partial charge >= 0.3 is 0 Å². The van der Waals surface area contributed by atoms with Crippen LogP contribution in [-0.2, 0) is 11.3 Å². The summed E-state index contributed by atoms with van der Waals surface area (Å²) >= 11 is 5.87. The lowest BCUT2D eigenvalue weighted by Gasteiger charge is -2.31. The summed E-state index contributed by atoms with van der Waals surface area (Å²) in [5.74, 6) is 0.492. The number of methoxy groups -OCH3 is 1. The predicted molar refractivity (Wildman–Crippen MR) is 105 cm³/mol. The van der Waals surface area contributed by atoms with Crippen molar-refractivity contribution < 1.29 is 14.3 Å². The van der Waals surface area contributed by atoms with Gasteiger partial charge in [-0.15, -0.1) is 0 Å². The average molecular weight is 387 g/mol. The van der Waals surface area contributed by atoms with E-state index in [-0.39, 0.29) is 17.7 Å². The molecule has 1 fully saturated rings. The van der Waals surface area contributed by atoms with E-state index in [0.29, 0.717) is 48.8 Å². The highest BCUT2D eigenvalue weighted by atomic mass is 35.5. The second-order valence-corrected chi connectivity index (χ2v) is 7.05. The minimum atomic E-state index is -0.0704. The van der Waals surface area contributed by atoms with Crippen LogP contribution in [0.25, 0.3) is 0 Å². The first-order valence-electron chi connectivity index (χ1n) is 9.03. The standard InChI is InChI=1S/C21H23ClN2O3/c1-27-19-5-3-2-4-18(19)21(26)24-12-10-16(11-13-24)20(25)23-14-15-6-8-17(22)9-7-15/h2-9,16H,10-14H2,1H3,(H,23,25). The number of nitrogens with zero attached hydrogens (tertiary/aromatic N) is 1. The number of halogens is 1. The lowest BCUT2D eigenvalue weighted by molar-refractivity contribution is -0.126. The smallest absolute Gasteiger partial charge is 0.257 e. The van der Waals surface area contributed by atoms with Crippen LogP contribution in [0.15, 0.2) is 48.5 Å². The largest absolute Gasteiger partial charge is 0.496 e. The normalized spacial score (nSPS) is 14.7. The maximum absolute atomic E-state index is 12.7. The van der Waals surface area contributed by atoms with E-state index in [1.807, 2.05) is 36.4 Å². The van der Waals surface area contributed by atoms with Crippen molar-refractivity contribution in [3.05, 3.63) is 64.7 Å². The van der Waals surface area contributed by atoms with Crippen LogP contribution in [0, 0.1) is 5.92 Å². The highest BCUT2D eigenvalue weighted by Crippen LogP contribution is 2.23. The molecule has 1 aliphatic heterocycles. The number of hydrogen-bond donors (Lipinski definition) is 1. The lowest BCUT2D eigenvalue weighted by atomic mass is 9.95. The van der Waals surface area contributed by atoms with E-state index in [9.17, 15) is 9.59 Å². The quantitative estimate of drug-likeness (QED) is 0.855. The van der Waals surface area contributed by atoms with Gasteiger partial charge in [0.2, 0.25) is 5.91 Å². The number of benzene rings is 2. The first-order valence-corrected chi connectivity index (χ1v) is 9.40. The maximum Gasteiger partial charge on any atom is 0.257 e. The van der Waals surface area contributed by atoms with Gasteiger partial charge in [0.25, 0.3) is 5.91 Å². The van der Waals surface area contributed by atoms with Gasteiger partial charge in [-0.2, -0.15) is 0 Å². The fourth-order valence-corrected chi connectivity index (χ4v) is 3.40. The van der Waals surface area contributed by atoms with E-state index in [1.165, 1.54) is 0 Å². The summed E-state index contributed by atoms with van der Waals surface area (Å²) in [5.41, 5.74) is 1.57. The first kappa shape index (κ1) is 19.2. The number of amides is 2. The topological polar surface area (TPSA) is 58.6 Å². The van der Waals surface area contributed by atoms with Gasteiger partial charge in [-0.25, -0.2) is 0 Å². The second-order valence-electron chi connectivity index (χ2n) is 6.61. The Morgan fingerprint density at radius 3 is 2.44 bits per heavy atom. The van der Waals surface area contributed by atoms with Gasteiger partial charge in [0.05, 0.1) is 12.7 Å². The number of rotatable bonds is 5. The number of likely N-dealkylation sites (tertiary alicyclic amines) is 1. The fourth-order valence-electron chi connectivity index (χ4n) is 3.27. The molecule has 1 N–H and O–H groups in total. The summed E-state index contributed by atoms with van der Waals surface area (Å²) in [5, 5.41) is 3.65. The molecule has 0 spiro atoms. The summed E-state index contributed by atoms with van der Waals surface area (Å²) in [4.78, 5) is 26.9. The van der Waals surface area contributed by atoms with E-state index < -0.39 is 0 Å². The van der Waals surface area contributed by atoms with Gasteiger partial charge < -0.3 is 15.0 Å². The molecular weight excluding hydrogens is 364 g/mol. The highest BCUT2D eigenvalue weighted by molar-refractivity contribution is 6.30. The Kier molecular flexibility index (Phi) is 6.35. The van der Waals surface area contributed by atoms with Gasteiger partial charge in [-0.1, -0.05) is 35.9 Å². The third-order valence-electron chi connectivity index (χ3n) is 4.87. The molecule has 1 heterocycles. The predicted octanol–water partition coefficient (Wildman–Crippen LogP) is 3.52. The Morgan fingerprint density at radius 1 is 1.11 bits per heavy atom. The van der Waals surface area contributed by atoms with Gasteiger partial charge in [0.1, 0.15) is 5.75 Å². The Morgan fingerprint density at radius 2 is 1.78 bits per heavy atom. The zero-order chi connectivity index (χ0) is 19.2. The Bertz CT molecular complexity index is 799. The molecule has 2 amide bonds. The van der Waals surface area contributed by atoms with E-state index in [1.54, 1.807) is 24.1 Å². The van der Waals surface area contributed by atoms with Crippen molar-refractivity contribution in [3.63, 3.8) is 0 Å². The third kappa shape index (κ3) is 4.80. The van der Waals surface area contributed by atoms with Crippen LogP contribution in [0.2, 0.25) is 5.02 Å². The first-order chi connectivity index (χ1) is 13.1. The second kappa shape index (κ2) is 8.91. The van der Waals surface area contributed by atoms with Crippen LogP contribution in [0.3, 0.4) is 0 Å². The van der Waals surface area contributed by atoms with Crippen LogP contribution in [0.4, 0.5) is 0 Å². The number of carbonyl (C=O) groups is 2. The summed E-state index contributed by atoms with van der Waals surface area (Å²) in [7, 11) is 1.56. The molecule has 0 bridgehead atoms. The van der Waals surface area contributed by atoms with Crippen LogP contribution >= 0.6 is 11.6 Å². The number of carbonyl (C=O) groups excluding carboxylic acids is 2. The van der Waals surface area contributed by atoms with Crippen molar-refractivity contribution in [2.75, 3.05) is 20.2 Å². The molecule has 0 saturated carbocycles. The zero-order valence-corrected chi connectivity index (χ0v) is 16.0. The molecule has 1 aliphatic rings. The van der Waals surface area contributed by atoms with Crippen molar-refractivity contribution in [1.82, 2.24) is 10.2 Å². The Labute approximate surface area is 164 Å². The van der Waals surface area contributed by atoms with Gasteiger partial charge in [0.15, 0.2) is 0 Å². The van der Waals surface area contributed by atoms with Gasteiger partial charge in [-0.3, -0.25) is 9.59 Å². The van der Waals surface area contributed by atoms with Crippen molar-refractivity contribution >= 4 is 23.4 Å². The lowest BCUT2D eigenvalue weighted by Crippen LogP contribution is -2.43. The summed E-state index contributed by atoms with van der Waals surface area (Å²) < 4.78 is 5.28. The maximum atomic E-state index is 12.7. The summed E-state index contributed by atoms with van der Waals surface area (Å²) in [6, 6.07) is 14.6. The highest BCUT2D eigenvalue weighted by Gasteiger charge is 2.28. The van der Waals surface area contributed by atoms with E-state index in [2.05, 4.69) is 5.32 Å². The van der Waals surface area contributed by atoms with E-state index in [0.717, 1.165) is 5.56 Å². The van der Waals surface area contributed by atoms with Crippen molar-refractivity contribution in [2.24, 2.45) is 5.92 Å². The molecule has 0 radical (unpaired) electrons. The molecule has 142 valence electrons. The number of nitrogens with one attached hydrogen (secondary N) is 1. The summed E-state index contributed by atoms with van der Waals surface area (Å²) in [6.07, 6.45) is 1.32. The number of hydrogen-bond acceptors (Lipinski definition) is 3. The minimum Gasteiger partial charge on any atom is -0.496 e. The fraction of sp³-hybridized carbons (Fsp3) is 0.333. The molecule has 1 saturated heterocycles. The molecule has 5 nitrogen and oxygen atoms in total. The summed E-state index contributed by atoms with van der Waals surface area (Å²) in [6.45, 7) is 1.61. The molecule has 2 aromatic carbocycles. The zero-order valence-electron chi connectivity index (χ0n) is 15.3. The molecular formula is C21H23ClN2O3. The van der Waals surface area contributed by atoms with Gasteiger partial charge in [-0.05, 0) is 42.7 Å². The Balaban J connectivity index is 1.51. The molecule has 3 rings (SSSR count). The molecule has 6 heteroatoms. The SMILES string of the molecule is COc1ccccc1C(=O)N1CCC(C(=O)NCc2ccc(Cl)cc2)CC1. The van der Waals surface area contributed by atoms with Crippen molar-refractivity contribution in [2.45, 2.75) is 19.4 Å². The van der Waals surface area contributed by atoms with Crippen LogP contribution in [0.5, 0.6) is 5.75 Å². The molecule has 0 aliphatic carbocycles. The number of para-hydroxylation sites is 1. The molecule has 2 aromatic rings. The third-order valence-corrected chi connectivity index (χ3v) is 5.12. The minimum absolute atomic E-state index is 0.0364. The number of piperidine rings is 1.